The van der Waals surface area contributed by atoms with Crippen LogP contribution in [0.5, 0.6) is 11.5 Å². The van der Waals surface area contributed by atoms with Crippen molar-refractivity contribution in [3.63, 3.8) is 0 Å². The highest BCUT2D eigenvalue weighted by molar-refractivity contribution is 6.30. The summed E-state index contributed by atoms with van der Waals surface area (Å²) in [5.41, 5.74) is 1.28. The Bertz CT molecular complexity index is 863. The first-order chi connectivity index (χ1) is 11.6. The van der Waals surface area contributed by atoms with E-state index in [0.29, 0.717) is 22.1 Å². The van der Waals surface area contributed by atoms with Crippen molar-refractivity contribution in [1.82, 2.24) is 0 Å². The molecule has 0 spiro atoms. The molecule has 1 fully saturated rings. The summed E-state index contributed by atoms with van der Waals surface area (Å²) in [6.45, 7) is 0. The number of carbonyl (C=O) groups is 2. The fourth-order valence-electron chi connectivity index (χ4n) is 2.46. The Morgan fingerprint density at radius 3 is 2.62 bits per heavy atom. The number of Topliss-reactive ketones (excluding diaryl/α,β-unsaturated/α-hetero) is 1. The predicted octanol–water partition coefficient (Wildman–Crippen LogP) is 4.27. The van der Waals surface area contributed by atoms with Crippen LogP contribution in [0.2, 0.25) is 5.02 Å². The van der Waals surface area contributed by atoms with Crippen molar-refractivity contribution in [2.45, 2.75) is 12.8 Å². The number of hydrogen-bond acceptors (Lipinski definition) is 4. The molecule has 0 saturated heterocycles. The lowest BCUT2D eigenvalue weighted by atomic mass is 10.1. The highest BCUT2D eigenvalue weighted by Crippen LogP contribution is 2.36. The van der Waals surface area contributed by atoms with E-state index in [4.69, 9.17) is 21.1 Å². The number of esters is 1. The minimum atomic E-state index is -0.226. The molecule has 1 heterocycles. The molecule has 0 aromatic heterocycles. The van der Waals surface area contributed by atoms with Crippen molar-refractivity contribution in [2.24, 2.45) is 5.92 Å². The lowest BCUT2D eigenvalue weighted by molar-refractivity contribution is -0.135. The summed E-state index contributed by atoms with van der Waals surface area (Å²) in [6.07, 6.45) is 3.42. The van der Waals surface area contributed by atoms with Gasteiger partial charge in [0.1, 0.15) is 11.5 Å². The van der Waals surface area contributed by atoms with Gasteiger partial charge in [-0.05, 0) is 48.7 Å². The molecule has 2 aromatic carbocycles. The Kier molecular flexibility index (Phi) is 3.62. The van der Waals surface area contributed by atoms with Crippen molar-refractivity contribution in [3.8, 4) is 11.5 Å². The van der Waals surface area contributed by atoms with Crippen LogP contribution in [0.3, 0.4) is 0 Å². The van der Waals surface area contributed by atoms with E-state index in [1.165, 1.54) is 0 Å². The molecule has 0 amide bonds. The van der Waals surface area contributed by atoms with Gasteiger partial charge in [-0.1, -0.05) is 23.7 Å². The first kappa shape index (κ1) is 15.0. The van der Waals surface area contributed by atoms with Gasteiger partial charge in [0, 0.05) is 11.1 Å². The van der Waals surface area contributed by atoms with Crippen LogP contribution in [0.25, 0.3) is 6.08 Å². The SMILES string of the molecule is O=C1/C(=C\c2ccc(Cl)cc2)Oc2cc(OC(=O)C3CC3)ccc21. The lowest BCUT2D eigenvalue weighted by Gasteiger charge is -2.04. The maximum absolute atomic E-state index is 12.4. The van der Waals surface area contributed by atoms with Crippen LogP contribution in [0, 0.1) is 5.92 Å². The molecule has 1 aliphatic carbocycles. The second-order valence-corrected chi connectivity index (χ2v) is 6.28. The molecule has 0 N–H and O–H groups in total. The van der Waals surface area contributed by atoms with Crippen LogP contribution < -0.4 is 9.47 Å². The number of fused-ring (bicyclic) bond motifs is 1. The standard InChI is InChI=1S/C19H13ClO4/c20-13-5-1-11(2-6-13)9-17-18(21)15-8-7-14(10-16(15)24-17)23-19(22)12-3-4-12/h1-2,5-10,12H,3-4H2/b17-9+. The Morgan fingerprint density at radius 1 is 1.17 bits per heavy atom. The van der Waals surface area contributed by atoms with Crippen LogP contribution in [0.1, 0.15) is 28.8 Å². The van der Waals surface area contributed by atoms with Gasteiger partial charge in [-0.3, -0.25) is 9.59 Å². The number of rotatable bonds is 3. The van der Waals surface area contributed by atoms with Crippen LogP contribution in [0.4, 0.5) is 0 Å². The average molecular weight is 341 g/mol. The van der Waals surface area contributed by atoms with Crippen molar-refractivity contribution < 1.29 is 19.1 Å². The first-order valence-corrected chi connectivity index (χ1v) is 8.03. The van der Waals surface area contributed by atoms with E-state index in [9.17, 15) is 9.59 Å². The Hall–Kier alpha value is -2.59. The summed E-state index contributed by atoms with van der Waals surface area (Å²) in [5, 5.41) is 0.626. The Morgan fingerprint density at radius 2 is 1.92 bits per heavy atom. The molecule has 2 aromatic rings. The quantitative estimate of drug-likeness (QED) is 0.475. The van der Waals surface area contributed by atoms with Gasteiger partial charge in [0.25, 0.3) is 0 Å². The molecule has 0 bridgehead atoms. The molecule has 2 aliphatic rings. The van der Waals surface area contributed by atoms with Crippen LogP contribution in [0.15, 0.2) is 48.2 Å². The second kappa shape index (κ2) is 5.80. The monoisotopic (exact) mass is 340 g/mol. The first-order valence-electron chi connectivity index (χ1n) is 7.66. The van der Waals surface area contributed by atoms with E-state index in [1.54, 1.807) is 48.5 Å². The number of ether oxygens (including phenoxy) is 2. The van der Waals surface area contributed by atoms with Gasteiger partial charge in [-0.25, -0.2) is 0 Å². The zero-order valence-corrected chi connectivity index (χ0v) is 13.4. The normalized spacial score (nSPS) is 17.5. The minimum absolute atomic E-state index is 0.0150. The number of allylic oxidation sites excluding steroid dienone is 1. The van der Waals surface area contributed by atoms with E-state index in [-0.39, 0.29) is 23.4 Å². The second-order valence-electron chi connectivity index (χ2n) is 5.84. The number of benzene rings is 2. The number of halogens is 1. The van der Waals surface area contributed by atoms with E-state index in [2.05, 4.69) is 0 Å². The van der Waals surface area contributed by atoms with E-state index in [1.807, 2.05) is 0 Å². The third-order valence-corrected chi connectivity index (χ3v) is 4.19. The van der Waals surface area contributed by atoms with Crippen molar-refractivity contribution >= 4 is 29.4 Å². The molecule has 4 nitrogen and oxygen atoms in total. The zero-order valence-electron chi connectivity index (χ0n) is 12.6. The molecular formula is C19H13ClO4. The summed E-state index contributed by atoms with van der Waals surface area (Å²) >= 11 is 5.86. The summed E-state index contributed by atoms with van der Waals surface area (Å²) in [6, 6.07) is 11.9. The largest absolute Gasteiger partial charge is 0.452 e. The fourth-order valence-corrected chi connectivity index (χ4v) is 2.59. The Labute approximate surface area is 143 Å². The molecule has 1 saturated carbocycles. The molecule has 1 aliphatic heterocycles. The molecule has 4 rings (SSSR count). The smallest absolute Gasteiger partial charge is 0.314 e. The third kappa shape index (κ3) is 2.93. The molecule has 0 atom stereocenters. The summed E-state index contributed by atoms with van der Waals surface area (Å²) in [4.78, 5) is 24.1. The maximum Gasteiger partial charge on any atom is 0.314 e. The van der Waals surface area contributed by atoms with Gasteiger partial charge in [0.2, 0.25) is 5.78 Å². The van der Waals surface area contributed by atoms with Crippen LogP contribution >= 0.6 is 11.6 Å². The topological polar surface area (TPSA) is 52.6 Å². The number of hydrogen-bond donors (Lipinski definition) is 0. The van der Waals surface area contributed by atoms with E-state index in [0.717, 1.165) is 18.4 Å². The van der Waals surface area contributed by atoms with E-state index < -0.39 is 0 Å². The van der Waals surface area contributed by atoms with Crippen LogP contribution in [-0.4, -0.2) is 11.8 Å². The Balaban J connectivity index is 1.57. The highest BCUT2D eigenvalue weighted by Gasteiger charge is 2.32. The fraction of sp³-hybridized carbons (Fsp3) is 0.158. The van der Waals surface area contributed by atoms with E-state index >= 15 is 0 Å². The summed E-state index contributed by atoms with van der Waals surface area (Å²) in [5.74, 6) is 0.628. The molecule has 5 heteroatoms. The molecule has 120 valence electrons. The molecule has 24 heavy (non-hydrogen) atoms. The van der Waals surface area contributed by atoms with Crippen LogP contribution in [-0.2, 0) is 4.79 Å². The zero-order chi connectivity index (χ0) is 16.7. The van der Waals surface area contributed by atoms with Crippen molar-refractivity contribution in [2.75, 3.05) is 0 Å². The summed E-state index contributed by atoms with van der Waals surface area (Å²) < 4.78 is 10.9. The highest BCUT2D eigenvalue weighted by atomic mass is 35.5. The predicted molar refractivity (Wildman–Crippen MR) is 89.2 cm³/mol. The number of ketones is 1. The van der Waals surface area contributed by atoms with Gasteiger partial charge in [0.15, 0.2) is 5.76 Å². The maximum atomic E-state index is 12.4. The van der Waals surface area contributed by atoms with Gasteiger partial charge in [0.05, 0.1) is 11.5 Å². The van der Waals surface area contributed by atoms with Crippen molar-refractivity contribution in [1.29, 1.82) is 0 Å². The van der Waals surface area contributed by atoms with Gasteiger partial charge < -0.3 is 9.47 Å². The van der Waals surface area contributed by atoms with Gasteiger partial charge in [-0.15, -0.1) is 0 Å². The number of carbonyl (C=O) groups excluding carboxylic acids is 2. The molecule has 0 unspecified atom stereocenters. The average Bonchev–Trinajstić information content (AvgIpc) is 3.37. The third-order valence-electron chi connectivity index (χ3n) is 3.94. The van der Waals surface area contributed by atoms with Gasteiger partial charge >= 0.3 is 5.97 Å². The minimum Gasteiger partial charge on any atom is -0.452 e. The molecular weight excluding hydrogens is 328 g/mol. The van der Waals surface area contributed by atoms with Gasteiger partial charge in [-0.2, -0.15) is 0 Å². The molecule has 0 radical (unpaired) electrons. The lowest BCUT2D eigenvalue weighted by Crippen LogP contribution is -2.09. The summed E-state index contributed by atoms with van der Waals surface area (Å²) in [7, 11) is 0. The van der Waals surface area contributed by atoms with Crippen molar-refractivity contribution in [3.05, 3.63) is 64.4 Å².